The van der Waals surface area contributed by atoms with Crippen molar-refractivity contribution in [2.75, 3.05) is 0 Å². The summed E-state index contributed by atoms with van der Waals surface area (Å²) >= 11 is 0. The van der Waals surface area contributed by atoms with E-state index in [0.29, 0.717) is 11.1 Å². The van der Waals surface area contributed by atoms with Gasteiger partial charge in [0.05, 0.1) is 0 Å². The van der Waals surface area contributed by atoms with Gasteiger partial charge in [0.2, 0.25) is 0 Å². The molecule has 0 aromatic heterocycles. The lowest BCUT2D eigenvalue weighted by atomic mass is 10.1. The molecule has 2 aromatic rings. The quantitative estimate of drug-likeness (QED) is 0.655. The van der Waals surface area contributed by atoms with Crippen LogP contribution >= 0.6 is 0 Å². The minimum atomic E-state index is -0.0676. The van der Waals surface area contributed by atoms with Gasteiger partial charge in [-0.2, -0.15) is 0 Å². The van der Waals surface area contributed by atoms with Crippen LogP contribution in [0.1, 0.15) is 21.5 Å². The van der Waals surface area contributed by atoms with Gasteiger partial charge in [-0.3, -0.25) is 4.79 Å². The molecule has 0 bridgehead atoms. The van der Waals surface area contributed by atoms with Gasteiger partial charge in [0.15, 0.2) is 5.78 Å². The van der Waals surface area contributed by atoms with Crippen molar-refractivity contribution < 1.29 is 9.90 Å². The Balaban J connectivity index is 2.17. The van der Waals surface area contributed by atoms with Crippen molar-refractivity contribution in [3.63, 3.8) is 0 Å². The molecule has 1 N–H and O–H groups in total. The van der Waals surface area contributed by atoms with Crippen molar-refractivity contribution in [2.45, 2.75) is 6.92 Å². The van der Waals surface area contributed by atoms with E-state index < -0.39 is 0 Å². The second-order valence-corrected chi connectivity index (χ2v) is 4.11. The third-order valence-electron chi connectivity index (χ3n) is 2.71. The van der Waals surface area contributed by atoms with Gasteiger partial charge in [0, 0.05) is 5.56 Å². The van der Waals surface area contributed by atoms with Crippen LogP contribution in [0.2, 0.25) is 0 Å². The van der Waals surface area contributed by atoms with Crippen LogP contribution in [0.15, 0.2) is 54.6 Å². The molecule has 0 amide bonds. The summed E-state index contributed by atoms with van der Waals surface area (Å²) in [4.78, 5) is 11.9. The number of phenols is 1. The molecule has 90 valence electrons. The van der Waals surface area contributed by atoms with Gasteiger partial charge in [-0.25, -0.2) is 0 Å². The largest absolute Gasteiger partial charge is 0.508 e. The molecule has 0 atom stereocenters. The van der Waals surface area contributed by atoms with Crippen LogP contribution in [-0.2, 0) is 0 Å². The van der Waals surface area contributed by atoms with Crippen LogP contribution in [0, 0.1) is 6.92 Å². The van der Waals surface area contributed by atoms with Crippen LogP contribution in [0.4, 0.5) is 0 Å². The zero-order valence-corrected chi connectivity index (χ0v) is 10.1. The maximum Gasteiger partial charge on any atom is 0.185 e. The van der Waals surface area contributed by atoms with Crippen LogP contribution < -0.4 is 0 Å². The second kappa shape index (κ2) is 5.32. The fourth-order valence-electron chi connectivity index (χ4n) is 1.64. The molecule has 0 aliphatic carbocycles. The van der Waals surface area contributed by atoms with Crippen molar-refractivity contribution in [1.29, 1.82) is 0 Å². The Morgan fingerprint density at radius 3 is 2.50 bits per heavy atom. The van der Waals surface area contributed by atoms with E-state index in [1.54, 1.807) is 37.3 Å². The molecular weight excluding hydrogens is 224 g/mol. The number of allylic oxidation sites excluding steroid dienone is 1. The summed E-state index contributed by atoms with van der Waals surface area (Å²) < 4.78 is 0. The molecule has 0 fully saturated rings. The zero-order chi connectivity index (χ0) is 13.0. The van der Waals surface area contributed by atoms with Gasteiger partial charge in [0.25, 0.3) is 0 Å². The topological polar surface area (TPSA) is 37.3 Å². The summed E-state index contributed by atoms with van der Waals surface area (Å²) in [7, 11) is 0. The fourth-order valence-corrected chi connectivity index (χ4v) is 1.64. The molecule has 0 spiro atoms. The van der Waals surface area contributed by atoms with Crippen LogP contribution in [0.3, 0.4) is 0 Å². The van der Waals surface area contributed by atoms with Crippen LogP contribution in [0.5, 0.6) is 5.75 Å². The van der Waals surface area contributed by atoms with Gasteiger partial charge in [-0.15, -0.1) is 0 Å². The predicted molar refractivity (Wildman–Crippen MR) is 72.7 cm³/mol. The molecular formula is C16H14O2. The summed E-state index contributed by atoms with van der Waals surface area (Å²) in [5.74, 6) is 0.139. The molecule has 0 aliphatic heterocycles. The normalized spacial score (nSPS) is 10.7. The van der Waals surface area contributed by atoms with Gasteiger partial charge in [-0.1, -0.05) is 36.4 Å². The van der Waals surface area contributed by atoms with E-state index in [1.165, 1.54) is 0 Å². The Kier molecular flexibility index (Phi) is 3.58. The van der Waals surface area contributed by atoms with E-state index in [-0.39, 0.29) is 11.5 Å². The van der Waals surface area contributed by atoms with Crippen LogP contribution in [-0.4, -0.2) is 10.9 Å². The number of ketones is 1. The van der Waals surface area contributed by atoms with E-state index >= 15 is 0 Å². The van der Waals surface area contributed by atoms with Gasteiger partial charge >= 0.3 is 0 Å². The van der Waals surface area contributed by atoms with Crippen molar-refractivity contribution in [3.05, 3.63) is 71.3 Å². The van der Waals surface area contributed by atoms with Crippen molar-refractivity contribution in [3.8, 4) is 5.75 Å². The maximum atomic E-state index is 11.9. The standard InChI is InChI=1S/C16H14O2/c1-12-11-14(8-10-15(12)17)16(18)9-7-13-5-3-2-4-6-13/h2-11,17H,1H3. The van der Waals surface area contributed by atoms with Crippen molar-refractivity contribution >= 4 is 11.9 Å². The number of rotatable bonds is 3. The highest BCUT2D eigenvalue weighted by molar-refractivity contribution is 6.07. The summed E-state index contributed by atoms with van der Waals surface area (Å²) in [6.07, 6.45) is 3.33. The van der Waals surface area contributed by atoms with Gasteiger partial charge < -0.3 is 5.11 Å². The Morgan fingerprint density at radius 2 is 1.83 bits per heavy atom. The Labute approximate surface area is 106 Å². The molecule has 2 nitrogen and oxygen atoms in total. The van der Waals surface area contributed by atoms with Crippen molar-refractivity contribution in [2.24, 2.45) is 0 Å². The lowest BCUT2D eigenvalue weighted by Gasteiger charge is -2.00. The molecule has 2 heteroatoms. The molecule has 0 unspecified atom stereocenters. The Morgan fingerprint density at radius 1 is 1.11 bits per heavy atom. The first kappa shape index (κ1) is 12.1. The molecule has 2 aromatic carbocycles. The van der Waals surface area contributed by atoms with E-state index in [1.807, 2.05) is 30.3 Å². The van der Waals surface area contributed by atoms with Gasteiger partial charge in [0.1, 0.15) is 5.75 Å². The minimum Gasteiger partial charge on any atom is -0.508 e. The van der Waals surface area contributed by atoms with Crippen LogP contribution in [0.25, 0.3) is 6.08 Å². The number of benzene rings is 2. The molecule has 0 aliphatic rings. The highest BCUT2D eigenvalue weighted by Gasteiger charge is 2.03. The van der Waals surface area contributed by atoms with E-state index in [4.69, 9.17) is 0 Å². The fraction of sp³-hybridized carbons (Fsp3) is 0.0625. The first-order valence-corrected chi connectivity index (χ1v) is 5.74. The monoisotopic (exact) mass is 238 g/mol. The molecule has 18 heavy (non-hydrogen) atoms. The number of carbonyl (C=O) groups excluding carboxylic acids is 1. The Hall–Kier alpha value is -2.35. The smallest absolute Gasteiger partial charge is 0.185 e. The molecule has 0 heterocycles. The highest BCUT2D eigenvalue weighted by atomic mass is 16.3. The molecule has 2 rings (SSSR count). The van der Waals surface area contributed by atoms with E-state index in [9.17, 15) is 9.90 Å². The third-order valence-corrected chi connectivity index (χ3v) is 2.71. The van der Waals surface area contributed by atoms with Gasteiger partial charge in [-0.05, 0) is 42.3 Å². The molecule has 0 saturated carbocycles. The van der Waals surface area contributed by atoms with E-state index in [0.717, 1.165) is 5.56 Å². The first-order chi connectivity index (χ1) is 8.66. The number of aryl methyl sites for hydroxylation is 1. The number of hydrogen-bond acceptors (Lipinski definition) is 2. The average molecular weight is 238 g/mol. The lowest BCUT2D eigenvalue weighted by molar-refractivity contribution is 0.104. The highest BCUT2D eigenvalue weighted by Crippen LogP contribution is 2.17. The molecule has 0 saturated heterocycles. The van der Waals surface area contributed by atoms with Crippen molar-refractivity contribution in [1.82, 2.24) is 0 Å². The number of hydrogen-bond donors (Lipinski definition) is 1. The number of carbonyl (C=O) groups is 1. The number of aromatic hydroxyl groups is 1. The second-order valence-electron chi connectivity index (χ2n) is 4.11. The maximum absolute atomic E-state index is 11.9. The number of phenolic OH excluding ortho intramolecular Hbond substituents is 1. The van der Waals surface area contributed by atoms with E-state index in [2.05, 4.69) is 0 Å². The molecule has 0 radical (unpaired) electrons. The SMILES string of the molecule is Cc1cc(C(=O)C=Cc2ccccc2)ccc1O. The Bertz CT molecular complexity index is 583. The summed E-state index contributed by atoms with van der Waals surface area (Å²) in [6, 6.07) is 14.5. The first-order valence-electron chi connectivity index (χ1n) is 5.74. The summed E-state index contributed by atoms with van der Waals surface area (Å²) in [5.41, 5.74) is 2.27. The third kappa shape index (κ3) is 2.86. The average Bonchev–Trinajstić information content (AvgIpc) is 2.40. The zero-order valence-electron chi connectivity index (χ0n) is 10.1. The minimum absolute atomic E-state index is 0.0676. The summed E-state index contributed by atoms with van der Waals surface area (Å²) in [5, 5.41) is 9.40. The summed E-state index contributed by atoms with van der Waals surface area (Å²) in [6.45, 7) is 1.77. The predicted octanol–water partition coefficient (Wildman–Crippen LogP) is 3.60. The lowest BCUT2D eigenvalue weighted by Crippen LogP contribution is -1.94.